The molecule has 1 amide bonds. The Labute approximate surface area is 199 Å². The highest BCUT2D eigenvalue weighted by Crippen LogP contribution is 2.30. The first kappa shape index (κ1) is 21.7. The number of piperazine rings is 1. The molecule has 5 heteroatoms. The fraction of sp³-hybridized carbons (Fsp3) is 0.250. The highest BCUT2D eigenvalue weighted by Gasteiger charge is 2.28. The summed E-state index contributed by atoms with van der Waals surface area (Å²) in [5, 5.41) is 1.96. The van der Waals surface area contributed by atoms with Gasteiger partial charge in [-0.05, 0) is 41.3 Å². The van der Waals surface area contributed by atoms with Gasteiger partial charge < -0.3 is 9.88 Å². The molecule has 1 aliphatic heterocycles. The quantitative estimate of drug-likeness (QED) is 0.404. The van der Waals surface area contributed by atoms with Crippen LogP contribution in [0.5, 0.6) is 0 Å². The summed E-state index contributed by atoms with van der Waals surface area (Å²) in [4.78, 5) is 20.8. The van der Waals surface area contributed by atoms with Crippen LogP contribution in [0.4, 0.5) is 0 Å². The van der Waals surface area contributed by atoms with E-state index in [4.69, 9.17) is 11.6 Å². The molecule has 1 N–H and O–H groups in total. The molecule has 33 heavy (non-hydrogen) atoms. The van der Waals surface area contributed by atoms with Gasteiger partial charge in [0.1, 0.15) is 0 Å². The summed E-state index contributed by atoms with van der Waals surface area (Å²) in [5.74, 6) is 0.239. The molecule has 0 saturated carbocycles. The molecule has 0 aliphatic carbocycles. The molecule has 4 aromatic rings. The van der Waals surface area contributed by atoms with Crippen LogP contribution in [0.3, 0.4) is 0 Å². The van der Waals surface area contributed by atoms with E-state index < -0.39 is 0 Å². The van der Waals surface area contributed by atoms with Crippen LogP contribution < -0.4 is 0 Å². The van der Waals surface area contributed by atoms with Crippen molar-refractivity contribution in [1.29, 1.82) is 0 Å². The Hall–Kier alpha value is -3.08. The maximum Gasteiger partial charge on any atom is 0.222 e. The lowest BCUT2D eigenvalue weighted by Crippen LogP contribution is -2.49. The number of benzene rings is 3. The number of carbonyl (C=O) groups is 1. The standard InChI is InChI=1S/C28H28ClN3O/c29-24-13-10-22(11-14-24)28(21-6-2-1-3-7-21)32-18-16-31(17-19-32)27(33)15-12-23-20-30-26-9-5-4-8-25(23)26/h1-11,13-14,20,28,30H,12,15-19H2/t28-/m0/s1. The number of rotatable bonds is 6. The number of nitrogens with zero attached hydrogens (tertiary/aromatic N) is 2. The summed E-state index contributed by atoms with van der Waals surface area (Å²) in [6.45, 7) is 3.20. The number of fused-ring (bicyclic) bond motifs is 1. The molecule has 0 bridgehead atoms. The number of aromatic amines is 1. The van der Waals surface area contributed by atoms with Crippen molar-refractivity contribution in [2.24, 2.45) is 0 Å². The Kier molecular flexibility index (Phi) is 6.47. The second-order valence-electron chi connectivity index (χ2n) is 8.64. The van der Waals surface area contributed by atoms with E-state index in [0.29, 0.717) is 6.42 Å². The summed E-state index contributed by atoms with van der Waals surface area (Å²) in [7, 11) is 0. The zero-order chi connectivity index (χ0) is 22.6. The van der Waals surface area contributed by atoms with Crippen molar-refractivity contribution < 1.29 is 4.79 Å². The molecular formula is C28H28ClN3O. The number of carbonyl (C=O) groups excluding carboxylic acids is 1. The number of aromatic nitrogens is 1. The average Bonchev–Trinajstić information content (AvgIpc) is 3.28. The predicted molar refractivity (Wildman–Crippen MR) is 135 cm³/mol. The molecule has 0 radical (unpaired) electrons. The van der Waals surface area contributed by atoms with E-state index in [1.54, 1.807) is 0 Å². The van der Waals surface area contributed by atoms with Crippen LogP contribution in [0.15, 0.2) is 85.1 Å². The Balaban J connectivity index is 1.24. The van der Waals surface area contributed by atoms with Gasteiger partial charge in [0.15, 0.2) is 0 Å². The number of hydrogen-bond donors (Lipinski definition) is 1. The molecule has 1 aliphatic rings. The summed E-state index contributed by atoms with van der Waals surface area (Å²) < 4.78 is 0. The van der Waals surface area contributed by atoms with Gasteiger partial charge in [0.2, 0.25) is 5.91 Å². The van der Waals surface area contributed by atoms with Crippen molar-refractivity contribution in [1.82, 2.24) is 14.8 Å². The molecule has 0 spiro atoms. The van der Waals surface area contributed by atoms with Gasteiger partial charge in [-0.2, -0.15) is 0 Å². The molecule has 1 aromatic heterocycles. The number of amides is 1. The first-order valence-electron chi connectivity index (χ1n) is 11.6. The van der Waals surface area contributed by atoms with Gasteiger partial charge in [-0.15, -0.1) is 0 Å². The van der Waals surface area contributed by atoms with E-state index in [1.807, 2.05) is 41.4 Å². The van der Waals surface area contributed by atoms with Crippen LogP contribution in [-0.4, -0.2) is 46.9 Å². The van der Waals surface area contributed by atoms with E-state index in [0.717, 1.165) is 43.1 Å². The normalized spacial score (nSPS) is 15.6. The molecule has 3 aromatic carbocycles. The number of para-hydroxylation sites is 1. The number of nitrogens with one attached hydrogen (secondary N) is 1. The summed E-state index contributed by atoms with van der Waals surface area (Å²) in [6, 6.07) is 27.1. The lowest BCUT2D eigenvalue weighted by molar-refractivity contribution is -0.133. The van der Waals surface area contributed by atoms with Crippen molar-refractivity contribution in [3.05, 3.63) is 107 Å². The monoisotopic (exact) mass is 457 g/mol. The number of halogens is 1. The second-order valence-corrected chi connectivity index (χ2v) is 9.08. The van der Waals surface area contributed by atoms with Crippen LogP contribution in [0.25, 0.3) is 10.9 Å². The van der Waals surface area contributed by atoms with Gasteiger partial charge in [-0.25, -0.2) is 0 Å². The Bertz CT molecular complexity index is 1210. The predicted octanol–water partition coefficient (Wildman–Crippen LogP) is 5.69. The maximum atomic E-state index is 13.0. The van der Waals surface area contributed by atoms with Gasteiger partial charge in [0.05, 0.1) is 6.04 Å². The van der Waals surface area contributed by atoms with Crippen LogP contribution in [0.2, 0.25) is 5.02 Å². The summed E-state index contributed by atoms with van der Waals surface area (Å²) in [5.41, 5.74) is 4.83. The first-order chi connectivity index (χ1) is 16.2. The van der Waals surface area contributed by atoms with E-state index >= 15 is 0 Å². The third-order valence-electron chi connectivity index (χ3n) is 6.62. The molecular weight excluding hydrogens is 430 g/mol. The Morgan fingerprint density at radius 1 is 0.848 bits per heavy atom. The lowest BCUT2D eigenvalue weighted by Gasteiger charge is -2.40. The molecule has 168 valence electrons. The topological polar surface area (TPSA) is 39.3 Å². The molecule has 0 unspecified atom stereocenters. The molecule has 1 atom stereocenters. The minimum Gasteiger partial charge on any atom is -0.361 e. The van der Waals surface area contributed by atoms with Gasteiger partial charge >= 0.3 is 0 Å². The molecule has 5 rings (SSSR count). The largest absolute Gasteiger partial charge is 0.361 e. The lowest BCUT2D eigenvalue weighted by atomic mass is 9.96. The van der Waals surface area contributed by atoms with Crippen LogP contribution in [0, 0.1) is 0 Å². The van der Waals surface area contributed by atoms with Gasteiger partial charge in [0.25, 0.3) is 0 Å². The Morgan fingerprint density at radius 2 is 1.52 bits per heavy atom. The highest BCUT2D eigenvalue weighted by molar-refractivity contribution is 6.30. The van der Waals surface area contributed by atoms with Crippen LogP contribution >= 0.6 is 11.6 Å². The third-order valence-corrected chi connectivity index (χ3v) is 6.87. The van der Waals surface area contributed by atoms with E-state index in [1.165, 1.54) is 22.1 Å². The van der Waals surface area contributed by atoms with E-state index in [-0.39, 0.29) is 11.9 Å². The SMILES string of the molecule is O=C(CCc1c[nH]c2ccccc12)N1CCN([C@@H](c2ccccc2)c2ccc(Cl)cc2)CC1. The van der Waals surface area contributed by atoms with Crippen molar-refractivity contribution in [2.45, 2.75) is 18.9 Å². The van der Waals surface area contributed by atoms with Crippen molar-refractivity contribution in [3.63, 3.8) is 0 Å². The molecule has 1 fully saturated rings. The minimum absolute atomic E-state index is 0.159. The van der Waals surface area contributed by atoms with Crippen molar-refractivity contribution in [3.8, 4) is 0 Å². The number of aryl methyl sites for hydroxylation is 1. The summed E-state index contributed by atoms with van der Waals surface area (Å²) >= 11 is 6.14. The van der Waals surface area contributed by atoms with Crippen LogP contribution in [0.1, 0.15) is 29.2 Å². The molecule has 4 nitrogen and oxygen atoms in total. The highest BCUT2D eigenvalue weighted by atomic mass is 35.5. The second kappa shape index (κ2) is 9.82. The molecule has 2 heterocycles. The average molecular weight is 458 g/mol. The first-order valence-corrected chi connectivity index (χ1v) is 11.9. The summed E-state index contributed by atoms with van der Waals surface area (Å²) in [6.07, 6.45) is 3.34. The maximum absolute atomic E-state index is 13.0. The van der Waals surface area contributed by atoms with E-state index in [2.05, 4.69) is 58.4 Å². The smallest absolute Gasteiger partial charge is 0.222 e. The fourth-order valence-electron chi connectivity index (χ4n) is 4.86. The van der Waals surface area contributed by atoms with Crippen molar-refractivity contribution >= 4 is 28.4 Å². The van der Waals surface area contributed by atoms with E-state index in [9.17, 15) is 4.79 Å². The van der Waals surface area contributed by atoms with Gasteiger partial charge in [0, 0.05) is 54.7 Å². The van der Waals surface area contributed by atoms with Crippen molar-refractivity contribution in [2.75, 3.05) is 26.2 Å². The Morgan fingerprint density at radius 3 is 2.27 bits per heavy atom. The number of hydrogen-bond acceptors (Lipinski definition) is 2. The molecule has 1 saturated heterocycles. The zero-order valence-corrected chi connectivity index (χ0v) is 19.3. The van der Waals surface area contributed by atoms with Gasteiger partial charge in [-0.3, -0.25) is 9.69 Å². The third kappa shape index (κ3) is 4.82. The zero-order valence-electron chi connectivity index (χ0n) is 18.6. The number of H-pyrrole nitrogens is 1. The fourth-order valence-corrected chi connectivity index (χ4v) is 4.99. The van der Waals surface area contributed by atoms with Crippen LogP contribution in [-0.2, 0) is 11.2 Å². The van der Waals surface area contributed by atoms with Gasteiger partial charge in [-0.1, -0.05) is 72.3 Å². The minimum atomic E-state index is 0.159.